The van der Waals surface area contributed by atoms with Gasteiger partial charge in [0.25, 0.3) is 10.0 Å². The van der Waals surface area contributed by atoms with Crippen molar-refractivity contribution in [2.75, 3.05) is 11.3 Å². The number of aryl methyl sites for hydroxylation is 1. The molecule has 0 atom stereocenters. The van der Waals surface area contributed by atoms with Gasteiger partial charge in [-0.1, -0.05) is 17.9 Å². The molecule has 21 heavy (non-hydrogen) atoms. The molecule has 0 fully saturated rings. The van der Waals surface area contributed by atoms with Crippen molar-refractivity contribution in [2.45, 2.75) is 11.8 Å². The molecule has 0 amide bonds. The van der Waals surface area contributed by atoms with Gasteiger partial charge in [-0.2, -0.15) is 0 Å². The van der Waals surface area contributed by atoms with Crippen LogP contribution in [-0.2, 0) is 10.0 Å². The highest BCUT2D eigenvalue weighted by molar-refractivity contribution is 7.92. The standard InChI is InChI=1S/C15H14N2O3S/c1-12-7-8-14(11-16-12)17-21(19,20)15-6-2-4-13(10-15)5-3-9-18/h2,4,6-8,10-11,17-18H,9H2,1H3. The van der Waals surface area contributed by atoms with E-state index in [-0.39, 0.29) is 11.5 Å². The number of aliphatic hydroxyl groups excluding tert-OH is 1. The van der Waals surface area contributed by atoms with E-state index in [1.54, 1.807) is 24.3 Å². The van der Waals surface area contributed by atoms with Gasteiger partial charge in [-0.05, 0) is 37.3 Å². The first-order valence-electron chi connectivity index (χ1n) is 6.16. The fourth-order valence-corrected chi connectivity index (χ4v) is 2.71. The lowest BCUT2D eigenvalue weighted by Gasteiger charge is -2.08. The maximum atomic E-state index is 12.3. The maximum absolute atomic E-state index is 12.3. The average molecular weight is 302 g/mol. The summed E-state index contributed by atoms with van der Waals surface area (Å²) in [7, 11) is -3.69. The maximum Gasteiger partial charge on any atom is 0.261 e. The highest BCUT2D eigenvalue weighted by Crippen LogP contribution is 2.16. The van der Waals surface area contributed by atoms with Crippen LogP contribution < -0.4 is 4.72 Å². The molecular formula is C15H14N2O3S. The Morgan fingerprint density at radius 2 is 2.10 bits per heavy atom. The Hall–Kier alpha value is -2.36. The zero-order chi connectivity index (χ0) is 15.3. The van der Waals surface area contributed by atoms with Gasteiger partial charge in [0, 0.05) is 11.3 Å². The largest absolute Gasteiger partial charge is 0.384 e. The number of benzene rings is 1. The molecule has 0 saturated carbocycles. The van der Waals surface area contributed by atoms with E-state index in [9.17, 15) is 8.42 Å². The Bertz CT molecular complexity index is 788. The molecule has 1 aromatic heterocycles. The summed E-state index contributed by atoms with van der Waals surface area (Å²) >= 11 is 0. The van der Waals surface area contributed by atoms with Crippen LogP contribution in [0.4, 0.5) is 5.69 Å². The third kappa shape index (κ3) is 4.05. The molecule has 2 rings (SSSR count). The fourth-order valence-electron chi connectivity index (χ4n) is 1.62. The summed E-state index contributed by atoms with van der Waals surface area (Å²) in [4.78, 5) is 4.14. The fraction of sp³-hybridized carbons (Fsp3) is 0.133. The predicted molar refractivity (Wildman–Crippen MR) is 80.2 cm³/mol. The van der Waals surface area contributed by atoms with Crippen LogP contribution in [0.5, 0.6) is 0 Å². The quantitative estimate of drug-likeness (QED) is 0.843. The molecular weight excluding hydrogens is 288 g/mol. The van der Waals surface area contributed by atoms with Gasteiger partial charge in [-0.15, -0.1) is 0 Å². The second-order valence-corrected chi connectivity index (χ2v) is 5.96. The van der Waals surface area contributed by atoms with E-state index < -0.39 is 10.0 Å². The van der Waals surface area contributed by atoms with Crippen LogP contribution in [0.15, 0.2) is 47.5 Å². The summed E-state index contributed by atoms with van der Waals surface area (Å²) in [6.07, 6.45) is 1.46. The molecule has 0 radical (unpaired) electrons. The van der Waals surface area contributed by atoms with E-state index >= 15 is 0 Å². The van der Waals surface area contributed by atoms with Crippen LogP contribution in [-0.4, -0.2) is 25.1 Å². The number of aliphatic hydroxyl groups is 1. The van der Waals surface area contributed by atoms with Gasteiger partial charge in [0.2, 0.25) is 0 Å². The third-order valence-corrected chi connectivity index (χ3v) is 4.00. The minimum atomic E-state index is -3.69. The lowest BCUT2D eigenvalue weighted by molar-refractivity contribution is 0.350. The summed E-state index contributed by atoms with van der Waals surface area (Å²) in [5, 5.41) is 8.66. The van der Waals surface area contributed by atoms with Gasteiger partial charge in [-0.3, -0.25) is 9.71 Å². The Morgan fingerprint density at radius 1 is 1.29 bits per heavy atom. The van der Waals surface area contributed by atoms with Crippen molar-refractivity contribution >= 4 is 15.7 Å². The lowest BCUT2D eigenvalue weighted by Crippen LogP contribution is -2.13. The number of aromatic nitrogens is 1. The molecule has 0 spiro atoms. The van der Waals surface area contributed by atoms with Crippen LogP contribution in [0.25, 0.3) is 0 Å². The first-order chi connectivity index (χ1) is 10.0. The molecule has 2 aromatic rings. The average Bonchev–Trinajstić information content (AvgIpc) is 2.48. The number of nitrogens with one attached hydrogen (secondary N) is 1. The molecule has 1 heterocycles. The van der Waals surface area contributed by atoms with Gasteiger partial charge in [-0.25, -0.2) is 8.42 Å². The monoisotopic (exact) mass is 302 g/mol. The number of hydrogen-bond donors (Lipinski definition) is 2. The third-order valence-electron chi connectivity index (χ3n) is 2.62. The molecule has 0 aliphatic rings. The Labute approximate surface area is 123 Å². The van der Waals surface area contributed by atoms with Gasteiger partial charge in [0.1, 0.15) is 6.61 Å². The first kappa shape index (κ1) is 15.0. The minimum absolute atomic E-state index is 0.104. The number of sulfonamides is 1. The second kappa shape index (κ2) is 6.39. The second-order valence-electron chi connectivity index (χ2n) is 4.28. The predicted octanol–water partition coefficient (Wildman–Crippen LogP) is 1.53. The number of rotatable bonds is 3. The number of pyridine rings is 1. The SMILES string of the molecule is Cc1ccc(NS(=O)(=O)c2cccc(C#CCO)c2)cn1. The van der Waals surface area contributed by atoms with Crippen LogP contribution in [0.2, 0.25) is 0 Å². The van der Waals surface area contributed by atoms with Crippen molar-refractivity contribution in [3.8, 4) is 11.8 Å². The topological polar surface area (TPSA) is 79.3 Å². The van der Waals surface area contributed by atoms with Crippen molar-refractivity contribution in [1.82, 2.24) is 4.98 Å². The molecule has 1 aromatic carbocycles. The van der Waals surface area contributed by atoms with Crippen molar-refractivity contribution in [3.05, 3.63) is 53.9 Å². The molecule has 0 unspecified atom stereocenters. The summed E-state index contributed by atoms with van der Waals surface area (Å²) in [5.74, 6) is 5.15. The molecule has 0 bridgehead atoms. The van der Waals surface area contributed by atoms with E-state index in [0.29, 0.717) is 11.3 Å². The van der Waals surface area contributed by atoms with Gasteiger partial charge < -0.3 is 5.11 Å². The Morgan fingerprint density at radius 3 is 2.76 bits per heavy atom. The van der Waals surface area contributed by atoms with E-state index in [1.807, 2.05) is 6.92 Å². The summed E-state index contributed by atoms with van der Waals surface area (Å²) in [6, 6.07) is 9.58. The molecule has 108 valence electrons. The van der Waals surface area contributed by atoms with Gasteiger partial charge >= 0.3 is 0 Å². The normalized spacial score (nSPS) is 10.6. The Balaban J connectivity index is 2.29. The highest BCUT2D eigenvalue weighted by atomic mass is 32.2. The summed E-state index contributed by atoms with van der Waals surface area (Å²) in [6.45, 7) is 1.55. The van der Waals surface area contributed by atoms with Crippen LogP contribution >= 0.6 is 0 Å². The number of nitrogens with zero attached hydrogens (tertiary/aromatic N) is 1. The number of hydrogen-bond acceptors (Lipinski definition) is 4. The molecule has 0 aliphatic heterocycles. The van der Waals surface area contributed by atoms with Crippen molar-refractivity contribution in [2.24, 2.45) is 0 Å². The first-order valence-corrected chi connectivity index (χ1v) is 7.65. The highest BCUT2D eigenvalue weighted by Gasteiger charge is 2.14. The lowest BCUT2D eigenvalue weighted by atomic mass is 10.2. The van der Waals surface area contributed by atoms with Gasteiger partial charge in [0.15, 0.2) is 0 Å². The van der Waals surface area contributed by atoms with E-state index in [4.69, 9.17) is 5.11 Å². The summed E-state index contributed by atoms with van der Waals surface area (Å²) in [5.41, 5.74) is 1.72. The Kier molecular flexibility index (Phi) is 4.58. The zero-order valence-corrected chi connectivity index (χ0v) is 12.2. The molecule has 6 heteroatoms. The zero-order valence-electron chi connectivity index (χ0n) is 11.4. The smallest absolute Gasteiger partial charge is 0.261 e. The number of anilines is 1. The molecule has 5 nitrogen and oxygen atoms in total. The molecule has 2 N–H and O–H groups in total. The molecule has 0 aliphatic carbocycles. The van der Waals surface area contributed by atoms with Crippen molar-refractivity contribution in [1.29, 1.82) is 0 Å². The minimum Gasteiger partial charge on any atom is -0.384 e. The van der Waals surface area contributed by atoms with Crippen molar-refractivity contribution < 1.29 is 13.5 Å². The van der Waals surface area contributed by atoms with E-state index in [0.717, 1.165) is 5.69 Å². The van der Waals surface area contributed by atoms with Crippen LogP contribution in [0.3, 0.4) is 0 Å². The van der Waals surface area contributed by atoms with Gasteiger partial charge in [0.05, 0.1) is 16.8 Å². The van der Waals surface area contributed by atoms with E-state index in [1.165, 1.54) is 18.3 Å². The van der Waals surface area contributed by atoms with E-state index in [2.05, 4.69) is 21.5 Å². The van der Waals surface area contributed by atoms with Crippen LogP contribution in [0.1, 0.15) is 11.3 Å². The molecule has 0 saturated heterocycles. The van der Waals surface area contributed by atoms with Crippen LogP contribution in [0, 0.1) is 18.8 Å². The van der Waals surface area contributed by atoms with Crippen molar-refractivity contribution in [3.63, 3.8) is 0 Å². The summed E-state index contributed by atoms with van der Waals surface area (Å²) < 4.78 is 27.0.